The molecule has 1 aliphatic rings. The van der Waals surface area contributed by atoms with E-state index in [0.717, 1.165) is 20.8 Å². The van der Waals surface area contributed by atoms with Crippen LogP contribution in [0.2, 0.25) is 0 Å². The summed E-state index contributed by atoms with van der Waals surface area (Å²) in [7, 11) is 0. The zero-order valence-corrected chi connectivity index (χ0v) is 23.1. The lowest BCUT2D eigenvalue weighted by molar-refractivity contribution is -0.254. The van der Waals surface area contributed by atoms with E-state index in [4.69, 9.17) is 40.6 Å². The highest BCUT2D eigenvalue weighted by molar-refractivity contribution is 7.80. The number of anilines is 1. The van der Waals surface area contributed by atoms with E-state index in [1.54, 1.807) is 24.3 Å². The Morgan fingerprint density at radius 3 is 1.88 bits per heavy atom. The van der Waals surface area contributed by atoms with Gasteiger partial charge < -0.3 is 39.1 Å². The molecule has 12 nitrogen and oxygen atoms in total. The summed E-state index contributed by atoms with van der Waals surface area (Å²) in [6.07, 6.45) is -6.16. The monoisotopic (exact) mass is 574 g/mol. The molecule has 5 atom stereocenters. The molecule has 0 bridgehead atoms. The Hall–Kier alpha value is -4.23. The van der Waals surface area contributed by atoms with Crippen molar-refractivity contribution in [2.75, 3.05) is 11.9 Å². The van der Waals surface area contributed by atoms with Crippen molar-refractivity contribution in [2.45, 2.75) is 58.3 Å². The molecule has 40 heavy (non-hydrogen) atoms. The Morgan fingerprint density at radius 1 is 0.750 bits per heavy atom. The normalized spacial score (nSPS) is 21.8. The summed E-state index contributed by atoms with van der Waals surface area (Å²) in [6, 6.07) is 16.2. The van der Waals surface area contributed by atoms with Gasteiger partial charge in [0.15, 0.2) is 29.7 Å². The van der Waals surface area contributed by atoms with Crippen LogP contribution in [0, 0.1) is 0 Å². The number of thiocarbonyl (C=S) groups is 1. The van der Waals surface area contributed by atoms with E-state index in [1.165, 1.54) is 6.92 Å². The molecular weight excluding hydrogens is 544 g/mol. The number of carbonyl (C=O) groups is 4. The van der Waals surface area contributed by atoms with Gasteiger partial charge in [-0.2, -0.15) is 0 Å². The molecule has 2 aromatic rings. The molecule has 13 heteroatoms. The third kappa shape index (κ3) is 9.20. The van der Waals surface area contributed by atoms with Crippen LogP contribution < -0.4 is 15.4 Å². The first-order valence-electron chi connectivity index (χ1n) is 12.2. The van der Waals surface area contributed by atoms with Crippen LogP contribution in [0.1, 0.15) is 27.7 Å². The minimum absolute atomic E-state index is 0.0672. The fourth-order valence-corrected chi connectivity index (χ4v) is 4.11. The highest BCUT2D eigenvalue weighted by Gasteiger charge is 2.52. The molecule has 1 saturated heterocycles. The van der Waals surface area contributed by atoms with Crippen molar-refractivity contribution in [3.05, 3.63) is 54.6 Å². The lowest BCUT2D eigenvalue weighted by Crippen LogP contribution is -2.66. The summed E-state index contributed by atoms with van der Waals surface area (Å²) < 4.78 is 33.0. The average molecular weight is 575 g/mol. The van der Waals surface area contributed by atoms with Crippen LogP contribution in [-0.4, -0.2) is 66.2 Å². The Bertz CT molecular complexity index is 1210. The fourth-order valence-electron chi connectivity index (χ4n) is 3.87. The number of benzene rings is 2. The number of rotatable bonds is 9. The van der Waals surface area contributed by atoms with E-state index in [0.29, 0.717) is 17.2 Å². The van der Waals surface area contributed by atoms with E-state index in [2.05, 4.69) is 10.6 Å². The van der Waals surface area contributed by atoms with Crippen molar-refractivity contribution in [1.29, 1.82) is 0 Å². The van der Waals surface area contributed by atoms with E-state index >= 15 is 0 Å². The zero-order valence-electron chi connectivity index (χ0n) is 22.3. The van der Waals surface area contributed by atoms with E-state index in [9.17, 15) is 19.2 Å². The van der Waals surface area contributed by atoms with Crippen LogP contribution in [-0.2, 0) is 42.9 Å². The predicted octanol–water partition coefficient (Wildman–Crippen LogP) is 2.85. The Balaban J connectivity index is 1.79. The molecule has 0 aliphatic carbocycles. The molecular formula is C27H30N2O10S. The van der Waals surface area contributed by atoms with Crippen LogP contribution in [0.15, 0.2) is 54.6 Å². The minimum Gasteiger partial charge on any atom is -0.463 e. The number of ether oxygens (including phenoxy) is 6. The topological polar surface area (TPSA) is 148 Å². The van der Waals surface area contributed by atoms with E-state index < -0.39 is 54.5 Å². The van der Waals surface area contributed by atoms with Gasteiger partial charge in [-0.05, 0) is 48.6 Å². The fraction of sp³-hybridized carbons (Fsp3) is 0.370. The van der Waals surface area contributed by atoms with Crippen molar-refractivity contribution >= 4 is 46.9 Å². The average Bonchev–Trinajstić information content (AvgIpc) is 2.87. The van der Waals surface area contributed by atoms with Crippen LogP contribution in [0.4, 0.5) is 5.69 Å². The number of hydrogen-bond acceptors (Lipinski definition) is 11. The lowest BCUT2D eigenvalue weighted by Gasteiger charge is -2.44. The van der Waals surface area contributed by atoms with Gasteiger partial charge in [0.2, 0.25) is 0 Å². The summed E-state index contributed by atoms with van der Waals surface area (Å²) in [6.45, 7) is 4.29. The predicted molar refractivity (Wildman–Crippen MR) is 144 cm³/mol. The van der Waals surface area contributed by atoms with Gasteiger partial charge >= 0.3 is 23.9 Å². The molecule has 0 saturated carbocycles. The van der Waals surface area contributed by atoms with Crippen LogP contribution >= 0.6 is 12.2 Å². The first kappa shape index (κ1) is 30.3. The third-order valence-electron chi connectivity index (χ3n) is 5.36. The molecule has 0 unspecified atom stereocenters. The first-order chi connectivity index (χ1) is 19.0. The number of para-hydroxylation sites is 1. The van der Waals surface area contributed by atoms with Crippen LogP contribution in [0.3, 0.4) is 0 Å². The zero-order chi connectivity index (χ0) is 29.2. The molecule has 1 heterocycles. The Kier molecular flexibility index (Phi) is 10.8. The van der Waals surface area contributed by atoms with Gasteiger partial charge in [-0.1, -0.05) is 18.2 Å². The maximum absolute atomic E-state index is 12.0. The summed E-state index contributed by atoms with van der Waals surface area (Å²) >= 11 is 5.44. The van der Waals surface area contributed by atoms with Gasteiger partial charge in [0.25, 0.3) is 0 Å². The molecule has 0 aromatic heterocycles. The van der Waals surface area contributed by atoms with Crippen molar-refractivity contribution in [2.24, 2.45) is 0 Å². The second-order valence-corrected chi connectivity index (χ2v) is 9.07. The van der Waals surface area contributed by atoms with Crippen molar-refractivity contribution in [3.63, 3.8) is 0 Å². The summed E-state index contributed by atoms with van der Waals surface area (Å²) in [5.41, 5.74) is 0.601. The van der Waals surface area contributed by atoms with Gasteiger partial charge in [-0.25, -0.2) is 0 Å². The highest BCUT2D eigenvalue weighted by Crippen LogP contribution is 2.29. The molecule has 2 aromatic carbocycles. The van der Waals surface area contributed by atoms with Gasteiger partial charge in [0.1, 0.15) is 24.2 Å². The molecule has 0 amide bonds. The summed E-state index contributed by atoms with van der Waals surface area (Å²) in [5.74, 6) is -1.49. The van der Waals surface area contributed by atoms with Gasteiger partial charge in [0.05, 0.1) is 0 Å². The van der Waals surface area contributed by atoms with Gasteiger partial charge in [-0.15, -0.1) is 0 Å². The van der Waals surface area contributed by atoms with Crippen molar-refractivity contribution < 1.29 is 47.6 Å². The number of nitrogens with one attached hydrogen (secondary N) is 2. The minimum atomic E-state index is -1.31. The molecule has 1 fully saturated rings. The number of hydrogen-bond donors (Lipinski definition) is 2. The van der Waals surface area contributed by atoms with E-state index in [1.807, 2.05) is 30.3 Å². The largest absolute Gasteiger partial charge is 0.463 e. The van der Waals surface area contributed by atoms with Gasteiger partial charge in [0, 0.05) is 33.4 Å². The quantitative estimate of drug-likeness (QED) is 0.257. The maximum atomic E-state index is 12.0. The molecule has 2 N–H and O–H groups in total. The lowest BCUT2D eigenvalue weighted by atomic mass is 9.97. The summed E-state index contributed by atoms with van der Waals surface area (Å²) in [5, 5.41) is 5.94. The molecule has 0 spiro atoms. The Labute approximate surface area is 236 Å². The second-order valence-electron chi connectivity index (χ2n) is 8.66. The first-order valence-corrected chi connectivity index (χ1v) is 12.6. The standard InChI is InChI=1S/C27H30N2O10S/c1-15(30)34-14-22-23(35-16(2)31)24(36-17(3)32)25(37-18(4)33)26(39-22)29-27(40)28-19-10-12-21(13-11-19)38-20-8-6-5-7-9-20/h5-13,22-26H,14H2,1-4H3,(H2,28,29,40)/t22-,23+,24-,25+,26-/m0/s1. The number of esters is 4. The maximum Gasteiger partial charge on any atom is 0.303 e. The molecule has 0 radical (unpaired) electrons. The molecule has 1 aliphatic heterocycles. The van der Waals surface area contributed by atoms with Gasteiger partial charge in [-0.3, -0.25) is 19.2 Å². The third-order valence-corrected chi connectivity index (χ3v) is 5.58. The second kappa shape index (κ2) is 14.2. The molecule has 3 rings (SSSR count). The van der Waals surface area contributed by atoms with Crippen LogP contribution in [0.5, 0.6) is 11.5 Å². The number of carbonyl (C=O) groups excluding carboxylic acids is 4. The van der Waals surface area contributed by atoms with Crippen molar-refractivity contribution in [3.8, 4) is 11.5 Å². The Morgan fingerprint density at radius 2 is 1.30 bits per heavy atom. The van der Waals surface area contributed by atoms with Crippen molar-refractivity contribution in [1.82, 2.24) is 5.32 Å². The summed E-state index contributed by atoms with van der Waals surface area (Å²) in [4.78, 5) is 47.3. The van der Waals surface area contributed by atoms with Crippen LogP contribution in [0.25, 0.3) is 0 Å². The smallest absolute Gasteiger partial charge is 0.303 e. The highest BCUT2D eigenvalue weighted by atomic mass is 32.1. The van der Waals surface area contributed by atoms with E-state index in [-0.39, 0.29) is 11.7 Å². The molecule has 214 valence electrons. The SMILES string of the molecule is CC(=O)OC[C@@H]1O[C@H](NC(=S)Nc2ccc(Oc3ccccc3)cc2)[C@H](OC(C)=O)[C@@H](OC(C)=O)[C@@H]1OC(C)=O.